The van der Waals surface area contributed by atoms with Gasteiger partial charge in [-0.3, -0.25) is 0 Å². The van der Waals surface area contributed by atoms with Crippen LogP contribution in [0.4, 0.5) is 0 Å². The third-order valence-electron chi connectivity index (χ3n) is 4.16. The lowest BCUT2D eigenvalue weighted by atomic mass is 10.1. The number of nitrogens with zero attached hydrogens (tertiary/aromatic N) is 2. The van der Waals surface area contributed by atoms with E-state index in [0.717, 1.165) is 22.6 Å². The van der Waals surface area contributed by atoms with E-state index in [1.807, 2.05) is 48.5 Å². The molecule has 3 N–H and O–H groups in total. The Kier molecular flexibility index (Phi) is 4.55. The monoisotopic (exact) mass is 353 g/mol. The molecule has 0 aliphatic carbocycles. The van der Waals surface area contributed by atoms with Crippen LogP contribution < -0.4 is 15.2 Å². The van der Waals surface area contributed by atoms with Crippen LogP contribution in [0.5, 0.6) is 11.5 Å². The molecule has 0 amide bonds. The van der Waals surface area contributed by atoms with E-state index in [1.165, 1.54) is 0 Å². The first-order valence-corrected chi connectivity index (χ1v) is 8.41. The predicted octanol–water partition coefficient (Wildman–Crippen LogP) is 2.11. The van der Waals surface area contributed by atoms with Crippen LogP contribution in [0, 0.1) is 0 Å². The highest BCUT2D eigenvalue weighted by Gasteiger charge is 2.23. The van der Waals surface area contributed by atoms with E-state index in [0.29, 0.717) is 24.7 Å². The van der Waals surface area contributed by atoms with Crippen LogP contribution in [-0.2, 0) is 6.42 Å². The number of ether oxygens (including phenoxy) is 2. The van der Waals surface area contributed by atoms with Gasteiger partial charge in [0.25, 0.3) is 0 Å². The third-order valence-corrected chi connectivity index (χ3v) is 4.16. The van der Waals surface area contributed by atoms with Gasteiger partial charge in [0.15, 0.2) is 17.6 Å². The Labute approximate surface area is 150 Å². The molecular formula is C19H19N3O4. The molecule has 3 aromatic rings. The van der Waals surface area contributed by atoms with E-state index in [-0.39, 0.29) is 12.7 Å². The summed E-state index contributed by atoms with van der Waals surface area (Å²) in [6.07, 6.45) is 0.124. The molecule has 0 bridgehead atoms. The zero-order valence-corrected chi connectivity index (χ0v) is 14.0. The maximum Gasteiger partial charge on any atom is 0.228 e. The number of aliphatic hydroxyl groups is 1. The van der Waals surface area contributed by atoms with Gasteiger partial charge in [-0.05, 0) is 23.8 Å². The van der Waals surface area contributed by atoms with Gasteiger partial charge in [0, 0.05) is 18.0 Å². The summed E-state index contributed by atoms with van der Waals surface area (Å²) in [7, 11) is 0. The Morgan fingerprint density at radius 3 is 2.85 bits per heavy atom. The van der Waals surface area contributed by atoms with E-state index in [2.05, 4.69) is 10.1 Å². The number of para-hydroxylation sites is 2. The van der Waals surface area contributed by atoms with Gasteiger partial charge in [0.05, 0.1) is 6.61 Å². The van der Waals surface area contributed by atoms with Crippen molar-refractivity contribution in [3.05, 3.63) is 60.0 Å². The molecule has 0 spiro atoms. The number of rotatable bonds is 5. The van der Waals surface area contributed by atoms with Crippen molar-refractivity contribution in [1.29, 1.82) is 0 Å². The molecule has 1 aliphatic heterocycles. The van der Waals surface area contributed by atoms with Crippen molar-refractivity contribution in [2.75, 3.05) is 13.2 Å². The molecule has 0 unspecified atom stereocenters. The first-order chi connectivity index (χ1) is 12.7. The van der Waals surface area contributed by atoms with Crippen molar-refractivity contribution < 1.29 is 19.1 Å². The van der Waals surface area contributed by atoms with E-state index >= 15 is 0 Å². The van der Waals surface area contributed by atoms with Gasteiger partial charge in [-0.1, -0.05) is 35.5 Å². The topological polar surface area (TPSA) is 104 Å². The zero-order valence-electron chi connectivity index (χ0n) is 14.0. The number of benzene rings is 2. The standard InChI is InChI=1S/C19H19N3O4/c20-14(10-23)9-18-21-19(22-26-18)13-5-3-4-12(8-13)17-11-24-15-6-1-2-7-16(15)25-17/h1-8,14,17,23H,9-11,20H2/t14-,17+/m0/s1. The van der Waals surface area contributed by atoms with Crippen LogP contribution in [0.3, 0.4) is 0 Å². The molecule has 2 aromatic carbocycles. The molecule has 1 aliphatic rings. The molecule has 1 aromatic heterocycles. The molecule has 4 rings (SSSR count). The normalized spacial score (nSPS) is 17.1. The number of aliphatic hydroxyl groups excluding tert-OH is 1. The second kappa shape index (κ2) is 7.15. The Balaban J connectivity index is 1.54. The molecule has 0 saturated heterocycles. The minimum Gasteiger partial charge on any atom is -0.485 e. The Bertz CT molecular complexity index is 896. The fraction of sp³-hybridized carbons (Fsp3) is 0.263. The lowest BCUT2D eigenvalue weighted by molar-refractivity contribution is 0.0913. The molecule has 7 heteroatoms. The maximum atomic E-state index is 9.03. The molecule has 2 heterocycles. The summed E-state index contributed by atoms with van der Waals surface area (Å²) in [5.74, 6) is 2.36. The van der Waals surface area contributed by atoms with Crippen LogP contribution in [-0.4, -0.2) is 34.5 Å². The van der Waals surface area contributed by atoms with E-state index in [1.54, 1.807) is 0 Å². The molecule has 26 heavy (non-hydrogen) atoms. The summed E-state index contributed by atoms with van der Waals surface area (Å²) in [6.45, 7) is 0.303. The molecule has 0 radical (unpaired) electrons. The van der Waals surface area contributed by atoms with Crippen molar-refractivity contribution in [1.82, 2.24) is 10.1 Å². The van der Waals surface area contributed by atoms with Crippen LogP contribution in [0.15, 0.2) is 53.1 Å². The highest BCUT2D eigenvalue weighted by Crippen LogP contribution is 2.36. The summed E-state index contributed by atoms with van der Waals surface area (Å²) >= 11 is 0. The van der Waals surface area contributed by atoms with E-state index in [9.17, 15) is 0 Å². The van der Waals surface area contributed by atoms with Crippen molar-refractivity contribution in [3.63, 3.8) is 0 Å². The van der Waals surface area contributed by atoms with Gasteiger partial charge in [0.2, 0.25) is 11.7 Å². The number of aromatic nitrogens is 2. The highest BCUT2D eigenvalue weighted by atomic mass is 16.6. The Morgan fingerprint density at radius 1 is 1.15 bits per heavy atom. The lowest BCUT2D eigenvalue weighted by Gasteiger charge is -2.26. The summed E-state index contributed by atoms with van der Waals surface area (Å²) in [6, 6.07) is 15.0. The van der Waals surface area contributed by atoms with Crippen molar-refractivity contribution in [2.24, 2.45) is 5.73 Å². The van der Waals surface area contributed by atoms with Crippen molar-refractivity contribution in [3.8, 4) is 22.9 Å². The Hall–Kier alpha value is -2.90. The van der Waals surface area contributed by atoms with Gasteiger partial charge in [-0.2, -0.15) is 4.98 Å². The quantitative estimate of drug-likeness (QED) is 0.724. The minimum absolute atomic E-state index is 0.131. The summed E-state index contributed by atoms with van der Waals surface area (Å²) in [4.78, 5) is 4.35. The first kappa shape index (κ1) is 16.6. The summed E-state index contributed by atoms with van der Waals surface area (Å²) in [5.41, 5.74) is 7.49. The molecule has 0 fully saturated rings. The fourth-order valence-electron chi connectivity index (χ4n) is 2.81. The van der Waals surface area contributed by atoms with Crippen LogP contribution in [0.1, 0.15) is 17.6 Å². The molecule has 7 nitrogen and oxygen atoms in total. The first-order valence-electron chi connectivity index (χ1n) is 8.41. The van der Waals surface area contributed by atoms with Gasteiger partial charge in [-0.15, -0.1) is 0 Å². The third kappa shape index (κ3) is 3.40. The van der Waals surface area contributed by atoms with Gasteiger partial charge < -0.3 is 24.8 Å². The van der Waals surface area contributed by atoms with Crippen molar-refractivity contribution >= 4 is 0 Å². The molecule has 2 atom stereocenters. The predicted molar refractivity (Wildman–Crippen MR) is 93.8 cm³/mol. The SMILES string of the molecule is N[C@H](CO)Cc1nc(-c2cccc([C@H]3COc4ccccc4O3)c2)no1. The smallest absolute Gasteiger partial charge is 0.228 e. The molecular weight excluding hydrogens is 334 g/mol. The maximum absolute atomic E-state index is 9.03. The second-order valence-electron chi connectivity index (χ2n) is 6.15. The van der Waals surface area contributed by atoms with Crippen molar-refractivity contribution in [2.45, 2.75) is 18.6 Å². The largest absolute Gasteiger partial charge is 0.485 e. The average Bonchev–Trinajstić information content (AvgIpc) is 3.16. The summed E-state index contributed by atoms with van der Waals surface area (Å²) in [5, 5.41) is 13.0. The van der Waals surface area contributed by atoms with E-state index < -0.39 is 6.04 Å². The summed E-state index contributed by atoms with van der Waals surface area (Å²) < 4.78 is 17.0. The van der Waals surface area contributed by atoms with Crippen LogP contribution >= 0.6 is 0 Å². The fourth-order valence-corrected chi connectivity index (χ4v) is 2.81. The number of fused-ring (bicyclic) bond motifs is 1. The lowest BCUT2D eigenvalue weighted by Crippen LogP contribution is -2.26. The molecule has 0 saturated carbocycles. The number of hydrogen-bond donors (Lipinski definition) is 2. The van der Waals surface area contributed by atoms with Crippen LogP contribution in [0.25, 0.3) is 11.4 Å². The van der Waals surface area contributed by atoms with Gasteiger partial charge in [-0.25, -0.2) is 0 Å². The molecule has 134 valence electrons. The van der Waals surface area contributed by atoms with E-state index in [4.69, 9.17) is 24.8 Å². The van der Waals surface area contributed by atoms with Crippen LogP contribution in [0.2, 0.25) is 0 Å². The average molecular weight is 353 g/mol. The Morgan fingerprint density at radius 2 is 2.00 bits per heavy atom. The minimum atomic E-state index is -0.414. The zero-order chi connectivity index (χ0) is 17.9. The number of hydrogen-bond acceptors (Lipinski definition) is 7. The van der Waals surface area contributed by atoms with Gasteiger partial charge in [0.1, 0.15) is 6.61 Å². The second-order valence-corrected chi connectivity index (χ2v) is 6.15. The van der Waals surface area contributed by atoms with Gasteiger partial charge >= 0.3 is 0 Å². The highest BCUT2D eigenvalue weighted by molar-refractivity contribution is 5.56. The number of nitrogens with two attached hydrogens (primary N) is 1.